The standard InChI is InChI=1S/C30H32Cl3N3O5S/c1-20(30(38)34-23-8-6-7-9-23)35(18-21-12-13-22(31)16-26(21)32)29(37)19-36(24-14-15-28(41-2)27(33)17-24)42(39,40)25-10-4-3-5-11-25/h3-5,10-17,20,23H,6-9,18-19H2,1-2H3,(H,34,38). The van der Waals surface area contributed by atoms with Crippen LogP contribution in [0.2, 0.25) is 15.1 Å². The van der Waals surface area contributed by atoms with Gasteiger partial charge in [0, 0.05) is 22.6 Å². The average molecular weight is 653 g/mol. The van der Waals surface area contributed by atoms with Crippen molar-refractivity contribution in [3.05, 3.63) is 87.4 Å². The number of nitrogens with zero attached hydrogens (tertiary/aromatic N) is 2. The first-order chi connectivity index (χ1) is 20.0. The summed E-state index contributed by atoms with van der Waals surface area (Å²) >= 11 is 18.9. The highest BCUT2D eigenvalue weighted by molar-refractivity contribution is 7.92. The summed E-state index contributed by atoms with van der Waals surface area (Å²) in [5.74, 6) is -0.591. The van der Waals surface area contributed by atoms with Crippen molar-refractivity contribution in [1.82, 2.24) is 10.2 Å². The molecular weight excluding hydrogens is 621 g/mol. The molecule has 4 rings (SSSR count). The molecule has 1 N–H and O–H groups in total. The van der Waals surface area contributed by atoms with E-state index in [4.69, 9.17) is 39.5 Å². The van der Waals surface area contributed by atoms with Crippen LogP contribution in [-0.2, 0) is 26.2 Å². The number of hydrogen-bond donors (Lipinski definition) is 1. The van der Waals surface area contributed by atoms with Crippen LogP contribution in [0, 0.1) is 0 Å². The van der Waals surface area contributed by atoms with E-state index in [2.05, 4.69) is 5.32 Å². The summed E-state index contributed by atoms with van der Waals surface area (Å²) in [5, 5.41) is 3.95. The summed E-state index contributed by atoms with van der Waals surface area (Å²) in [5.41, 5.74) is 0.713. The van der Waals surface area contributed by atoms with Gasteiger partial charge in [-0.1, -0.05) is 71.9 Å². The van der Waals surface area contributed by atoms with Gasteiger partial charge in [-0.3, -0.25) is 13.9 Å². The van der Waals surface area contributed by atoms with E-state index in [1.807, 2.05) is 0 Å². The summed E-state index contributed by atoms with van der Waals surface area (Å²) in [6.45, 7) is 0.967. The number of benzene rings is 3. The fourth-order valence-corrected chi connectivity index (χ4v) is 7.01. The van der Waals surface area contributed by atoms with Crippen LogP contribution in [0.1, 0.15) is 38.2 Å². The molecule has 1 unspecified atom stereocenters. The second kappa shape index (κ2) is 14.0. The van der Waals surface area contributed by atoms with Crippen LogP contribution < -0.4 is 14.4 Å². The second-order valence-corrected chi connectivity index (χ2v) is 13.2. The van der Waals surface area contributed by atoms with Gasteiger partial charge in [0.15, 0.2) is 0 Å². The van der Waals surface area contributed by atoms with E-state index in [9.17, 15) is 18.0 Å². The quantitative estimate of drug-likeness (QED) is 0.261. The average Bonchev–Trinajstić information content (AvgIpc) is 3.48. The predicted molar refractivity (Wildman–Crippen MR) is 166 cm³/mol. The van der Waals surface area contributed by atoms with Gasteiger partial charge in [-0.05, 0) is 67.8 Å². The zero-order valence-corrected chi connectivity index (χ0v) is 26.3. The van der Waals surface area contributed by atoms with Crippen LogP contribution >= 0.6 is 34.8 Å². The zero-order chi connectivity index (χ0) is 30.4. The van der Waals surface area contributed by atoms with Gasteiger partial charge in [-0.25, -0.2) is 8.42 Å². The van der Waals surface area contributed by atoms with Crippen molar-refractivity contribution in [2.75, 3.05) is 18.0 Å². The van der Waals surface area contributed by atoms with Crippen molar-refractivity contribution in [2.24, 2.45) is 0 Å². The normalized spacial score (nSPS) is 14.3. The van der Waals surface area contributed by atoms with Gasteiger partial charge in [0.05, 0.1) is 22.7 Å². The summed E-state index contributed by atoms with van der Waals surface area (Å²) in [6, 6.07) is 16.2. The summed E-state index contributed by atoms with van der Waals surface area (Å²) in [7, 11) is -2.78. The molecule has 224 valence electrons. The minimum atomic E-state index is -4.23. The number of ether oxygens (including phenoxy) is 1. The van der Waals surface area contributed by atoms with E-state index in [1.54, 1.807) is 43.3 Å². The Bertz CT molecular complexity index is 1530. The number of carbonyl (C=O) groups excluding carboxylic acids is 2. The number of anilines is 1. The molecule has 8 nitrogen and oxygen atoms in total. The summed E-state index contributed by atoms with van der Waals surface area (Å²) in [4.78, 5) is 28.8. The van der Waals surface area contributed by atoms with Crippen LogP contribution in [0.5, 0.6) is 5.75 Å². The molecule has 12 heteroatoms. The molecule has 0 radical (unpaired) electrons. The first-order valence-corrected chi connectivity index (χ1v) is 16.0. The molecule has 0 aromatic heterocycles. The van der Waals surface area contributed by atoms with Crippen LogP contribution in [0.15, 0.2) is 71.6 Å². The number of nitrogens with one attached hydrogen (secondary N) is 1. The molecule has 3 aromatic carbocycles. The molecule has 1 fully saturated rings. The van der Waals surface area contributed by atoms with Crippen LogP contribution in [0.25, 0.3) is 0 Å². The Hall–Kier alpha value is -2.98. The lowest BCUT2D eigenvalue weighted by Crippen LogP contribution is -2.52. The molecule has 42 heavy (non-hydrogen) atoms. The minimum Gasteiger partial charge on any atom is -0.495 e. The Morgan fingerprint density at radius 1 is 0.976 bits per heavy atom. The Kier molecular flexibility index (Phi) is 10.6. The molecule has 0 heterocycles. The molecule has 1 aliphatic carbocycles. The van der Waals surface area contributed by atoms with E-state index in [1.165, 1.54) is 42.3 Å². The molecule has 2 amide bonds. The number of hydrogen-bond acceptors (Lipinski definition) is 5. The fraction of sp³-hybridized carbons (Fsp3) is 0.333. The molecule has 1 atom stereocenters. The van der Waals surface area contributed by atoms with Gasteiger partial charge in [0.2, 0.25) is 11.8 Å². The maximum absolute atomic E-state index is 14.1. The molecule has 3 aromatic rings. The molecule has 1 saturated carbocycles. The predicted octanol–water partition coefficient (Wildman–Crippen LogP) is 6.33. The van der Waals surface area contributed by atoms with Gasteiger partial charge >= 0.3 is 0 Å². The molecule has 1 aliphatic rings. The zero-order valence-electron chi connectivity index (χ0n) is 23.2. The van der Waals surface area contributed by atoms with E-state index >= 15 is 0 Å². The third-order valence-electron chi connectivity index (χ3n) is 7.26. The van der Waals surface area contributed by atoms with E-state index in [-0.39, 0.29) is 34.1 Å². The third-order valence-corrected chi connectivity index (χ3v) is 9.93. The van der Waals surface area contributed by atoms with Crippen molar-refractivity contribution >= 4 is 62.3 Å². The van der Waals surface area contributed by atoms with Gasteiger partial charge < -0.3 is 15.0 Å². The lowest BCUT2D eigenvalue weighted by molar-refractivity contribution is -0.139. The Balaban J connectivity index is 1.72. The number of halogens is 3. The van der Waals surface area contributed by atoms with E-state index < -0.39 is 28.5 Å². The largest absolute Gasteiger partial charge is 0.495 e. The van der Waals surface area contributed by atoms with Gasteiger partial charge in [0.25, 0.3) is 10.0 Å². The number of methoxy groups -OCH3 is 1. The second-order valence-electron chi connectivity index (χ2n) is 10.1. The summed E-state index contributed by atoms with van der Waals surface area (Å²) < 4.78 is 34.0. The number of amides is 2. The Labute approximate surface area is 261 Å². The van der Waals surface area contributed by atoms with Gasteiger partial charge in [0.1, 0.15) is 18.3 Å². The highest BCUT2D eigenvalue weighted by Gasteiger charge is 2.34. The first-order valence-electron chi connectivity index (χ1n) is 13.5. The first kappa shape index (κ1) is 31.9. The lowest BCUT2D eigenvalue weighted by atomic mass is 10.1. The molecule has 0 spiro atoms. The van der Waals surface area contributed by atoms with E-state index in [0.29, 0.717) is 21.4 Å². The monoisotopic (exact) mass is 651 g/mol. The fourth-order valence-electron chi connectivity index (χ4n) is 4.87. The third kappa shape index (κ3) is 7.50. The number of carbonyl (C=O) groups is 2. The highest BCUT2D eigenvalue weighted by Crippen LogP contribution is 2.32. The Morgan fingerprint density at radius 3 is 2.29 bits per heavy atom. The van der Waals surface area contributed by atoms with E-state index in [0.717, 1.165) is 30.0 Å². The molecule has 0 bridgehead atoms. The molecule has 0 aliphatic heterocycles. The van der Waals surface area contributed by atoms with Crippen molar-refractivity contribution in [2.45, 2.75) is 56.1 Å². The lowest BCUT2D eigenvalue weighted by Gasteiger charge is -2.32. The topological polar surface area (TPSA) is 96.0 Å². The number of sulfonamides is 1. The Morgan fingerprint density at radius 2 is 1.67 bits per heavy atom. The SMILES string of the molecule is COc1ccc(N(CC(=O)N(Cc2ccc(Cl)cc2Cl)C(C)C(=O)NC2CCCC2)S(=O)(=O)c2ccccc2)cc1Cl. The molecular formula is C30H32Cl3N3O5S. The number of rotatable bonds is 11. The van der Waals surface area contributed by atoms with Crippen LogP contribution in [0.4, 0.5) is 5.69 Å². The highest BCUT2D eigenvalue weighted by atomic mass is 35.5. The van der Waals surface area contributed by atoms with Crippen LogP contribution in [-0.4, -0.2) is 50.9 Å². The molecule has 0 saturated heterocycles. The maximum Gasteiger partial charge on any atom is 0.264 e. The minimum absolute atomic E-state index is 0.0101. The summed E-state index contributed by atoms with van der Waals surface area (Å²) in [6.07, 6.45) is 3.80. The van der Waals surface area contributed by atoms with Crippen molar-refractivity contribution in [3.8, 4) is 5.75 Å². The van der Waals surface area contributed by atoms with Crippen LogP contribution in [0.3, 0.4) is 0 Å². The van der Waals surface area contributed by atoms with Crippen molar-refractivity contribution < 1.29 is 22.7 Å². The van der Waals surface area contributed by atoms with Gasteiger partial charge in [-0.2, -0.15) is 0 Å². The smallest absolute Gasteiger partial charge is 0.264 e. The maximum atomic E-state index is 14.1. The van der Waals surface area contributed by atoms with Crippen molar-refractivity contribution in [1.29, 1.82) is 0 Å². The van der Waals surface area contributed by atoms with Gasteiger partial charge in [-0.15, -0.1) is 0 Å². The van der Waals surface area contributed by atoms with Crippen molar-refractivity contribution in [3.63, 3.8) is 0 Å².